The van der Waals surface area contributed by atoms with E-state index in [0.29, 0.717) is 10.6 Å². The van der Waals surface area contributed by atoms with Crippen molar-refractivity contribution < 1.29 is 17.4 Å². The van der Waals surface area contributed by atoms with E-state index in [-0.39, 0.29) is 21.2 Å². The van der Waals surface area contributed by atoms with E-state index in [1.54, 1.807) is 30.3 Å². The van der Waals surface area contributed by atoms with Crippen LogP contribution in [0.3, 0.4) is 0 Å². The minimum absolute atomic E-state index is 0.0549. The number of nitrogens with one attached hydrogen (secondary N) is 1. The quantitative estimate of drug-likeness (QED) is 0.322. The first-order chi connectivity index (χ1) is 14.2. The number of amides is 1. The summed E-state index contributed by atoms with van der Waals surface area (Å²) in [6.45, 7) is 1.86. The number of aryl methyl sites for hydroxylation is 1. The van der Waals surface area contributed by atoms with Crippen LogP contribution in [0.25, 0.3) is 0 Å². The third-order valence-corrected chi connectivity index (χ3v) is 5.74. The Kier molecular flexibility index (Phi) is 6.77. The highest BCUT2D eigenvalue weighted by molar-refractivity contribution is 7.87. The van der Waals surface area contributed by atoms with Gasteiger partial charge in [-0.1, -0.05) is 53.0 Å². The van der Waals surface area contributed by atoms with Gasteiger partial charge in [0.25, 0.3) is 5.91 Å². The summed E-state index contributed by atoms with van der Waals surface area (Å²) < 4.78 is 30.0. The summed E-state index contributed by atoms with van der Waals surface area (Å²) in [5.74, 6) is -0.395. The zero-order chi connectivity index (χ0) is 21.7. The number of halogens is 2. The molecule has 3 rings (SSSR count). The normalized spacial score (nSPS) is 11.4. The standard InChI is InChI=1S/C21H16Cl2N2O4S/c1-14-5-8-18(9-6-14)30(27,28)29-17-4-2-3-15(11-17)13-24-25-21(26)19-10-7-16(22)12-20(19)23/h2-13H,1H3,(H,25,26)/b24-13-. The van der Waals surface area contributed by atoms with Crippen LogP contribution in [0.1, 0.15) is 21.5 Å². The van der Waals surface area contributed by atoms with Gasteiger partial charge in [0.15, 0.2) is 0 Å². The highest BCUT2D eigenvalue weighted by Gasteiger charge is 2.16. The molecule has 0 fully saturated rings. The van der Waals surface area contributed by atoms with Gasteiger partial charge in [-0.3, -0.25) is 4.79 Å². The number of nitrogens with zero attached hydrogens (tertiary/aromatic N) is 1. The Hall–Kier alpha value is -2.87. The Labute approximate surface area is 184 Å². The number of hydrazone groups is 1. The Bertz CT molecular complexity index is 1210. The van der Waals surface area contributed by atoms with Crippen LogP contribution in [-0.2, 0) is 10.1 Å². The van der Waals surface area contributed by atoms with Crippen molar-refractivity contribution >= 4 is 45.4 Å². The summed E-state index contributed by atoms with van der Waals surface area (Å²) in [5.41, 5.74) is 4.03. The summed E-state index contributed by atoms with van der Waals surface area (Å²) in [6.07, 6.45) is 1.35. The molecule has 0 heterocycles. The van der Waals surface area contributed by atoms with Gasteiger partial charge in [0.1, 0.15) is 10.6 Å². The molecule has 0 aliphatic rings. The molecule has 3 aromatic carbocycles. The summed E-state index contributed by atoms with van der Waals surface area (Å²) in [5, 5.41) is 4.48. The van der Waals surface area contributed by atoms with Crippen molar-refractivity contribution in [3.8, 4) is 5.75 Å². The van der Waals surface area contributed by atoms with E-state index in [4.69, 9.17) is 27.4 Å². The predicted molar refractivity (Wildman–Crippen MR) is 117 cm³/mol. The van der Waals surface area contributed by atoms with Crippen molar-refractivity contribution in [2.45, 2.75) is 11.8 Å². The maximum atomic E-state index is 12.4. The lowest BCUT2D eigenvalue weighted by Gasteiger charge is -2.08. The van der Waals surface area contributed by atoms with Crippen LogP contribution in [0.2, 0.25) is 10.0 Å². The van der Waals surface area contributed by atoms with E-state index in [1.807, 2.05) is 6.92 Å². The van der Waals surface area contributed by atoms with Gasteiger partial charge in [-0.15, -0.1) is 0 Å². The molecule has 0 radical (unpaired) electrons. The smallest absolute Gasteiger partial charge is 0.339 e. The van der Waals surface area contributed by atoms with E-state index in [0.717, 1.165) is 5.56 Å². The van der Waals surface area contributed by atoms with Crippen LogP contribution in [0, 0.1) is 6.92 Å². The molecule has 0 bridgehead atoms. The molecule has 0 saturated heterocycles. The molecule has 6 nitrogen and oxygen atoms in total. The predicted octanol–water partition coefficient (Wildman–Crippen LogP) is 4.83. The minimum atomic E-state index is -3.96. The first-order valence-electron chi connectivity index (χ1n) is 8.64. The SMILES string of the molecule is Cc1ccc(S(=O)(=O)Oc2cccc(/C=N\NC(=O)c3ccc(Cl)cc3Cl)c2)cc1. The monoisotopic (exact) mass is 462 g/mol. The Balaban J connectivity index is 1.69. The number of hydrogen-bond donors (Lipinski definition) is 1. The highest BCUT2D eigenvalue weighted by atomic mass is 35.5. The minimum Gasteiger partial charge on any atom is -0.379 e. The van der Waals surface area contributed by atoms with Gasteiger partial charge in [0, 0.05) is 5.02 Å². The third-order valence-electron chi connectivity index (χ3n) is 3.93. The lowest BCUT2D eigenvalue weighted by atomic mass is 10.2. The molecule has 0 atom stereocenters. The second-order valence-corrected chi connectivity index (χ2v) is 8.64. The van der Waals surface area contributed by atoms with Gasteiger partial charge >= 0.3 is 10.1 Å². The van der Waals surface area contributed by atoms with E-state index in [1.165, 1.54) is 42.6 Å². The van der Waals surface area contributed by atoms with Crippen LogP contribution < -0.4 is 9.61 Å². The first-order valence-corrected chi connectivity index (χ1v) is 10.8. The van der Waals surface area contributed by atoms with Crippen molar-refractivity contribution in [2.75, 3.05) is 0 Å². The van der Waals surface area contributed by atoms with Crippen LogP contribution in [0.5, 0.6) is 5.75 Å². The molecule has 0 aliphatic heterocycles. The summed E-state index contributed by atoms with van der Waals surface area (Å²) in [7, 11) is -3.96. The van der Waals surface area contributed by atoms with Gasteiger partial charge in [0.05, 0.1) is 16.8 Å². The van der Waals surface area contributed by atoms with E-state index in [9.17, 15) is 13.2 Å². The van der Waals surface area contributed by atoms with Gasteiger partial charge in [0.2, 0.25) is 0 Å². The van der Waals surface area contributed by atoms with Crippen molar-refractivity contribution in [1.82, 2.24) is 5.43 Å². The largest absolute Gasteiger partial charge is 0.379 e. The number of carbonyl (C=O) groups excluding carboxylic acids is 1. The van der Waals surface area contributed by atoms with E-state index >= 15 is 0 Å². The average Bonchev–Trinajstić information content (AvgIpc) is 2.68. The second-order valence-electron chi connectivity index (χ2n) is 6.25. The number of hydrogen-bond acceptors (Lipinski definition) is 5. The van der Waals surface area contributed by atoms with Crippen molar-refractivity contribution in [1.29, 1.82) is 0 Å². The van der Waals surface area contributed by atoms with Crippen LogP contribution >= 0.6 is 23.2 Å². The molecule has 9 heteroatoms. The first kappa shape index (κ1) is 21.8. The summed E-state index contributed by atoms with van der Waals surface area (Å²) >= 11 is 11.8. The van der Waals surface area contributed by atoms with Gasteiger partial charge in [-0.05, 0) is 55.0 Å². The lowest BCUT2D eigenvalue weighted by molar-refractivity contribution is 0.0955. The molecule has 0 aliphatic carbocycles. The Morgan fingerprint density at radius 3 is 2.47 bits per heavy atom. The highest BCUT2D eigenvalue weighted by Crippen LogP contribution is 2.21. The molecule has 154 valence electrons. The molecule has 1 amide bonds. The molecule has 30 heavy (non-hydrogen) atoms. The summed E-state index contributed by atoms with van der Waals surface area (Å²) in [4.78, 5) is 12.2. The number of carbonyl (C=O) groups is 1. The van der Waals surface area contributed by atoms with Gasteiger partial charge in [-0.2, -0.15) is 13.5 Å². The molecular weight excluding hydrogens is 447 g/mol. The van der Waals surface area contributed by atoms with Crippen molar-refractivity contribution in [3.05, 3.63) is 93.5 Å². The van der Waals surface area contributed by atoms with E-state index in [2.05, 4.69) is 10.5 Å². The van der Waals surface area contributed by atoms with Crippen LogP contribution in [-0.4, -0.2) is 20.5 Å². The zero-order valence-electron chi connectivity index (χ0n) is 15.7. The third kappa shape index (κ3) is 5.60. The van der Waals surface area contributed by atoms with Gasteiger partial charge in [-0.25, -0.2) is 5.43 Å². The Morgan fingerprint density at radius 2 is 1.77 bits per heavy atom. The zero-order valence-corrected chi connectivity index (χ0v) is 18.0. The summed E-state index contributed by atoms with van der Waals surface area (Å²) in [6, 6.07) is 17.1. The van der Waals surface area contributed by atoms with Crippen LogP contribution in [0.15, 0.2) is 76.7 Å². The van der Waals surface area contributed by atoms with Gasteiger partial charge < -0.3 is 4.18 Å². The maximum Gasteiger partial charge on any atom is 0.339 e. The Morgan fingerprint density at radius 1 is 1.03 bits per heavy atom. The molecule has 1 N–H and O–H groups in total. The molecule has 0 saturated carbocycles. The fourth-order valence-electron chi connectivity index (χ4n) is 2.43. The molecule has 0 unspecified atom stereocenters. The fraction of sp³-hybridized carbons (Fsp3) is 0.0476. The maximum absolute atomic E-state index is 12.4. The molecule has 0 aromatic heterocycles. The molecule has 0 spiro atoms. The van der Waals surface area contributed by atoms with Crippen molar-refractivity contribution in [2.24, 2.45) is 5.10 Å². The topological polar surface area (TPSA) is 84.8 Å². The second kappa shape index (κ2) is 9.30. The molecule has 3 aromatic rings. The van der Waals surface area contributed by atoms with E-state index < -0.39 is 16.0 Å². The number of rotatable bonds is 6. The number of benzene rings is 3. The molecular formula is C21H16Cl2N2O4S. The van der Waals surface area contributed by atoms with Crippen molar-refractivity contribution in [3.63, 3.8) is 0 Å². The van der Waals surface area contributed by atoms with Crippen LogP contribution in [0.4, 0.5) is 0 Å². The fourth-order valence-corrected chi connectivity index (χ4v) is 3.84. The average molecular weight is 463 g/mol. The lowest BCUT2D eigenvalue weighted by Crippen LogP contribution is -2.18.